The molecule has 0 radical (unpaired) electrons. The van der Waals surface area contributed by atoms with Gasteiger partial charge >= 0.3 is 5.97 Å². The van der Waals surface area contributed by atoms with Gasteiger partial charge in [-0.25, -0.2) is 0 Å². The van der Waals surface area contributed by atoms with Gasteiger partial charge in [-0.1, -0.05) is 78.4 Å². The molecule has 6 heteroatoms. The normalized spacial score (nSPS) is 37.5. The highest BCUT2D eigenvalue weighted by atomic mass is 16.6. The van der Waals surface area contributed by atoms with Crippen LogP contribution in [0.5, 0.6) is 0 Å². The Morgan fingerprint density at radius 3 is 2.25 bits per heavy atom. The van der Waals surface area contributed by atoms with E-state index >= 15 is 0 Å². The number of fused-ring (bicyclic) bond motifs is 3. The van der Waals surface area contributed by atoms with E-state index in [9.17, 15) is 24.9 Å². The molecule has 3 N–H and O–H groups in total. The Hall–Kier alpha value is -1.50. The van der Waals surface area contributed by atoms with Gasteiger partial charge in [-0.15, -0.1) is 0 Å². The number of aliphatic hydroxyl groups excluding tert-OH is 1. The lowest BCUT2D eigenvalue weighted by Crippen LogP contribution is -2.68. The maximum Gasteiger partial charge on any atom is 0.306 e. The number of hydrogen-bond donors (Lipinski definition) is 3. The zero-order valence-electron chi connectivity index (χ0n) is 23.2. The second kappa shape index (κ2) is 10.7. The molecule has 0 saturated heterocycles. The summed E-state index contributed by atoms with van der Waals surface area (Å²) in [7, 11) is 0. The smallest absolute Gasteiger partial charge is 0.306 e. The molecule has 3 aliphatic carbocycles. The molecular formula is C30H48O6. The Morgan fingerprint density at radius 2 is 1.64 bits per heavy atom. The van der Waals surface area contributed by atoms with Gasteiger partial charge in [0.15, 0.2) is 5.78 Å². The number of hydrogen-bond acceptors (Lipinski definition) is 6. The first-order valence-corrected chi connectivity index (χ1v) is 14.0. The standard InChI is InChI=1S/C30H48O6/c1-7-8-9-10-11-12-13-14-25(32)36-28(6)17-21(3)30(35)23(27(28,4)5)16-22(19-31)18-29(34)24(30)15-20(2)26(29)33/h15-16,21,23-24,31,34-35H,7-14,17-19H2,1-6H3/t21-,23+,24-,28-,29-,30-/m1/s1. The van der Waals surface area contributed by atoms with Crippen LogP contribution in [0.2, 0.25) is 0 Å². The third-order valence-electron chi connectivity index (χ3n) is 9.73. The summed E-state index contributed by atoms with van der Waals surface area (Å²) in [6.45, 7) is 11.4. The molecule has 3 rings (SSSR count). The summed E-state index contributed by atoms with van der Waals surface area (Å²) in [6, 6.07) is 0. The number of ketones is 1. The van der Waals surface area contributed by atoms with E-state index in [0.717, 1.165) is 19.3 Å². The zero-order valence-corrected chi connectivity index (χ0v) is 23.2. The molecule has 0 aliphatic heterocycles. The summed E-state index contributed by atoms with van der Waals surface area (Å²) in [6.07, 6.45) is 12.2. The summed E-state index contributed by atoms with van der Waals surface area (Å²) in [4.78, 5) is 26.0. The first-order chi connectivity index (χ1) is 16.8. The quantitative estimate of drug-likeness (QED) is 0.219. The minimum Gasteiger partial charge on any atom is -0.459 e. The van der Waals surface area contributed by atoms with Gasteiger partial charge in [0, 0.05) is 30.1 Å². The van der Waals surface area contributed by atoms with Crippen LogP contribution in [0.3, 0.4) is 0 Å². The van der Waals surface area contributed by atoms with Crippen molar-refractivity contribution >= 4 is 11.8 Å². The molecule has 0 bridgehead atoms. The highest BCUT2D eigenvalue weighted by molar-refractivity contribution is 6.04. The number of carbonyl (C=O) groups is 2. The van der Waals surface area contributed by atoms with Gasteiger partial charge < -0.3 is 20.1 Å². The fraction of sp³-hybridized carbons (Fsp3) is 0.800. The van der Waals surface area contributed by atoms with Crippen LogP contribution in [-0.4, -0.2) is 50.5 Å². The van der Waals surface area contributed by atoms with Crippen molar-refractivity contribution < 1.29 is 29.6 Å². The number of rotatable bonds is 10. The van der Waals surface area contributed by atoms with Gasteiger partial charge in [0.1, 0.15) is 11.2 Å². The Labute approximate surface area is 217 Å². The maximum absolute atomic E-state index is 13.0. The van der Waals surface area contributed by atoms with Crippen molar-refractivity contribution in [3.05, 3.63) is 23.3 Å². The Bertz CT molecular complexity index is 903. The molecule has 1 saturated carbocycles. The van der Waals surface area contributed by atoms with Gasteiger partial charge in [-0.3, -0.25) is 9.59 Å². The molecule has 0 aromatic heterocycles. The Balaban J connectivity index is 1.83. The molecule has 0 amide bonds. The number of unbranched alkanes of at least 4 members (excludes halogenated alkanes) is 6. The molecule has 3 aliphatic rings. The van der Waals surface area contributed by atoms with Crippen molar-refractivity contribution in [1.29, 1.82) is 0 Å². The molecular weight excluding hydrogens is 456 g/mol. The van der Waals surface area contributed by atoms with Crippen molar-refractivity contribution in [2.45, 2.75) is 123 Å². The molecule has 0 aromatic carbocycles. The van der Waals surface area contributed by atoms with Gasteiger partial charge in [-0.05, 0) is 43.8 Å². The van der Waals surface area contributed by atoms with Crippen molar-refractivity contribution in [3.63, 3.8) is 0 Å². The minimum atomic E-state index is -1.78. The van der Waals surface area contributed by atoms with Crippen LogP contribution in [0.15, 0.2) is 23.3 Å². The van der Waals surface area contributed by atoms with Crippen LogP contribution in [-0.2, 0) is 14.3 Å². The van der Waals surface area contributed by atoms with Crippen molar-refractivity contribution in [1.82, 2.24) is 0 Å². The number of ether oxygens (including phenoxy) is 1. The Morgan fingerprint density at radius 1 is 1.03 bits per heavy atom. The van der Waals surface area contributed by atoms with Gasteiger partial charge in [0.05, 0.1) is 12.2 Å². The predicted molar refractivity (Wildman–Crippen MR) is 140 cm³/mol. The molecule has 6 atom stereocenters. The second-order valence-corrected chi connectivity index (χ2v) is 12.5. The minimum absolute atomic E-state index is 0.0167. The monoisotopic (exact) mass is 504 g/mol. The van der Waals surface area contributed by atoms with E-state index in [-0.39, 0.29) is 30.7 Å². The Kier molecular flexibility index (Phi) is 8.64. The number of carbonyl (C=O) groups excluding carboxylic acids is 2. The van der Waals surface area contributed by atoms with Crippen molar-refractivity contribution in [2.24, 2.45) is 23.2 Å². The molecule has 0 unspecified atom stereocenters. The van der Waals surface area contributed by atoms with Crippen LogP contribution in [0.4, 0.5) is 0 Å². The molecule has 0 spiro atoms. The van der Waals surface area contributed by atoms with E-state index < -0.39 is 34.1 Å². The average molecular weight is 505 g/mol. The highest BCUT2D eigenvalue weighted by Gasteiger charge is 2.69. The van der Waals surface area contributed by atoms with Gasteiger partial charge in [0.25, 0.3) is 0 Å². The SMILES string of the molecule is CCCCCCCCCC(=O)O[C@]1(C)C[C@@H](C)[C@@]2(O)[C@@H](C=C(CO)C[C@]3(O)C(=O)C(C)=C[C@@H]23)C1(C)C. The summed E-state index contributed by atoms with van der Waals surface area (Å²) in [5.41, 5.74) is -3.83. The first-order valence-electron chi connectivity index (χ1n) is 14.0. The van der Waals surface area contributed by atoms with E-state index in [1.54, 1.807) is 13.0 Å². The van der Waals surface area contributed by atoms with Crippen LogP contribution in [0.25, 0.3) is 0 Å². The lowest BCUT2D eigenvalue weighted by Gasteiger charge is -2.61. The van der Waals surface area contributed by atoms with E-state index in [4.69, 9.17) is 4.74 Å². The van der Waals surface area contributed by atoms with Gasteiger partial charge in [0.2, 0.25) is 0 Å². The van der Waals surface area contributed by atoms with Crippen LogP contribution < -0.4 is 0 Å². The van der Waals surface area contributed by atoms with E-state index in [2.05, 4.69) is 6.92 Å². The lowest BCUT2D eigenvalue weighted by molar-refractivity contribution is -0.245. The zero-order chi connectivity index (χ0) is 26.9. The molecule has 36 heavy (non-hydrogen) atoms. The van der Waals surface area contributed by atoms with E-state index in [1.807, 2.05) is 33.8 Å². The molecule has 0 aromatic rings. The topological polar surface area (TPSA) is 104 Å². The number of esters is 1. The maximum atomic E-state index is 13.0. The summed E-state index contributed by atoms with van der Waals surface area (Å²) in [5, 5.41) is 34.1. The van der Waals surface area contributed by atoms with Crippen molar-refractivity contribution in [2.75, 3.05) is 6.61 Å². The summed E-state index contributed by atoms with van der Waals surface area (Å²) < 4.78 is 6.21. The third kappa shape index (κ3) is 4.86. The summed E-state index contributed by atoms with van der Waals surface area (Å²) >= 11 is 0. The molecule has 0 heterocycles. The fourth-order valence-electron chi connectivity index (χ4n) is 7.17. The molecule has 6 nitrogen and oxygen atoms in total. The van der Waals surface area contributed by atoms with Crippen LogP contribution in [0.1, 0.15) is 106 Å². The number of Topliss-reactive ketones (excluding diaryl/α,β-unsaturated/α-hetero) is 1. The molecule has 1 fully saturated rings. The highest BCUT2D eigenvalue weighted by Crippen LogP contribution is 2.63. The van der Waals surface area contributed by atoms with E-state index in [0.29, 0.717) is 24.0 Å². The average Bonchev–Trinajstić information content (AvgIpc) is 2.96. The van der Waals surface area contributed by atoms with Crippen LogP contribution >= 0.6 is 0 Å². The number of aliphatic hydroxyl groups is 3. The second-order valence-electron chi connectivity index (χ2n) is 12.5. The lowest BCUT2D eigenvalue weighted by atomic mass is 9.48. The predicted octanol–water partition coefficient (Wildman–Crippen LogP) is 5.04. The first kappa shape index (κ1) is 29.1. The summed E-state index contributed by atoms with van der Waals surface area (Å²) in [5.74, 6) is -2.32. The third-order valence-corrected chi connectivity index (χ3v) is 9.73. The van der Waals surface area contributed by atoms with E-state index in [1.165, 1.54) is 25.7 Å². The molecule has 204 valence electrons. The van der Waals surface area contributed by atoms with Crippen LogP contribution in [0, 0.1) is 23.2 Å². The van der Waals surface area contributed by atoms with Gasteiger partial charge in [-0.2, -0.15) is 0 Å². The van der Waals surface area contributed by atoms with Crippen molar-refractivity contribution in [3.8, 4) is 0 Å². The fourth-order valence-corrected chi connectivity index (χ4v) is 7.17. The largest absolute Gasteiger partial charge is 0.459 e.